The molecule has 3 N–H and O–H groups in total. The second kappa shape index (κ2) is 9.30. The van der Waals surface area contributed by atoms with E-state index in [2.05, 4.69) is 31.3 Å². The smallest absolute Gasteiger partial charge is 0.220 e. The van der Waals surface area contributed by atoms with Gasteiger partial charge in [0.2, 0.25) is 5.91 Å². The Hall–Kier alpha value is -2.46. The van der Waals surface area contributed by atoms with Crippen LogP contribution in [0.5, 0.6) is 0 Å². The highest BCUT2D eigenvalue weighted by atomic mass is 16.2. The maximum atomic E-state index is 12.1. The lowest BCUT2D eigenvalue weighted by Gasteiger charge is -2.14. The van der Waals surface area contributed by atoms with Gasteiger partial charge in [-0.25, -0.2) is 0 Å². The van der Waals surface area contributed by atoms with Crippen LogP contribution >= 0.6 is 0 Å². The number of hydrogen-bond donors (Lipinski definition) is 2. The molecule has 0 radical (unpaired) electrons. The van der Waals surface area contributed by atoms with Crippen molar-refractivity contribution in [3.63, 3.8) is 0 Å². The van der Waals surface area contributed by atoms with Crippen LogP contribution in [0.1, 0.15) is 65.7 Å². The van der Waals surface area contributed by atoms with Crippen LogP contribution in [0.15, 0.2) is 48.5 Å². The van der Waals surface area contributed by atoms with Crippen LogP contribution in [0.4, 0.5) is 0 Å². The summed E-state index contributed by atoms with van der Waals surface area (Å²) >= 11 is 0. The molecule has 1 unspecified atom stereocenters. The van der Waals surface area contributed by atoms with Gasteiger partial charge in [0.25, 0.3) is 0 Å². The maximum absolute atomic E-state index is 12.1. The van der Waals surface area contributed by atoms with Gasteiger partial charge in [0.05, 0.1) is 0 Å². The van der Waals surface area contributed by atoms with Gasteiger partial charge in [-0.15, -0.1) is 0 Å². The van der Waals surface area contributed by atoms with Crippen molar-refractivity contribution in [2.75, 3.05) is 6.54 Å². The Balaban J connectivity index is 1.77. The molecule has 0 heterocycles. The predicted molar refractivity (Wildman–Crippen MR) is 105 cm³/mol. The van der Waals surface area contributed by atoms with Gasteiger partial charge in [0.1, 0.15) is 0 Å². The third kappa shape index (κ3) is 5.81. The molecule has 2 rings (SSSR count). The number of nitrogens with two attached hydrogens (primary N) is 1. The summed E-state index contributed by atoms with van der Waals surface area (Å²) in [6.07, 6.45) is 0.374. The summed E-state index contributed by atoms with van der Waals surface area (Å²) in [5, 5.41) is 2.82. The van der Waals surface area contributed by atoms with Gasteiger partial charge in [0.15, 0.2) is 5.78 Å². The number of aryl methyl sites for hydroxylation is 1. The van der Waals surface area contributed by atoms with Crippen LogP contribution in [0, 0.1) is 6.92 Å². The number of rotatable bonds is 8. The lowest BCUT2D eigenvalue weighted by molar-refractivity contribution is -0.121. The lowest BCUT2D eigenvalue weighted by atomic mass is 9.99. The molecule has 0 fully saturated rings. The zero-order valence-electron chi connectivity index (χ0n) is 15.8. The van der Waals surface area contributed by atoms with Crippen molar-refractivity contribution >= 4 is 11.7 Å². The van der Waals surface area contributed by atoms with E-state index in [-0.39, 0.29) is 30.6 Å². The average molecular weight is 352 g/mol. The monoisotopic (exact) mass is 352 g/mol. The van der Waals surface area contributed by atoms with Crippen molar-refractivity contribution in [2.45, 2.75) is 45.6 Å². The first kappa shape index (κ1) is 19.9. The highest BCUT2D eigenvalue weighted by molar-refractivity contribution is 5.97. The molecular weight excluding hydrogens is 324 g/mol. The molecule has 1 amide bonds. The molecule has 138 valence electrons. The Bertz CT molecular complexity index is 734. The number of carbonyl (C=O) groups excluding carboxylic acids is 2. The summed E-state index contributed by atoms with van der Waals surface area (Å²) in [5.41, 5.74) is 10.2. The Morgan fingerprint density at radius 3 is 2.08 bits per heavy atom. The molecule has 26 heavy (non-hydrogen) atoms. The Kier molecular flexibility index (Phi) is 7.10. The average Bonchev–Trinajstić information content (AvgIpc) is 2.64. The summed E-state index contributed by atoms with van der Waals surface area (Å²) in [7, 11) is 0. The molecule has 0 saturated carbocycles. The fraction of sp³-hybridized carbons (Fsp3) is 0.364. The molecule has 1 atom stereocenters. The first-order valence-corrected chi connectivity index (χ1v) is 9.09. The second-order valence-corrected chi connectivity index (χ2v) is 7.02. The van der Waals surface area contributed by atoms with E-state index in [4.69, 9.17) is 5.73 Å². The standard InChI is InChI=1S/C22H28N2O2/c1-15(2)17-8-10-18(11-9-17)20(23)14-24-22(26)13-12-21(25)19-6-4-16(3)5-7-19/h4-11,15,20H,12-14,23H2,1-3H3,(H,24,26). The zero-order chi connectivity index (χ0) is 19.1. The highest BCUT2D eigenvalue weighted by Crippen LogP contribution is 2.17. The molecule has 2 aromatic carbocycles. The number of hydrogen-bond acceptors (Lipinski definition) is 3. The summed E-state index contributed by atoms with van der Waals surface area (Å²) in [6.45, 7) is 6.63. The van der Waals surface area contributed by atoms with Gasteiger partial charge in [-0.05, 0) is 24.0 Å². The Morgan fingerprint density at radius 1 is 0.923 bits per heavy atom. The number of ketones is 1. The summed E-state index contributed by atoms with van der Waals surface area (Å²) < 4.78 is 0. The summed E-state index contributed by atoms with van der Waals surface area (Å²) in [6, 6.07) is 15.3. The molecular formula is C22H28N2O2. The third-order valence-corrected chi connectivity index (χ3v) is 4.50. The predicted octanol–water partition coefficient (Wildman–Crippen LogP) is 3.90. The maximum Gasteiger partial charge on any atom is 0.220 e. The number of nitrogens with one attached hydrogen (secondary N) is 1. The van der Waals surface area contributed by atoms with Gasteiger partial charge in [-0.1, -0.05) is 67.9 Å². The fourth-order valence-corrected chi connectivity index (χ4v) is 2.67. The quantitative estimate of drug-likeness (QED) is 0.708. The van der Waals surface area contributed by atoms with Crippen LogP contribution in [-0.4, -0.2) is 18.2 Å². The van der Waals surface area contributed by atoms with Crippen molar-refractivity contribution in [3.8, 4) is 0 Å². The van der Waals surface area contributed by atoms with Gasteiger partial charge >= 0.3 is 0 Å². The molecule has 0 aliphatic heterocycles. The van der Waals surface area contributed by atoms with Crippen LogP contribution in [0.3, 0.4) is 0 Å². The zero-order valence-corrected chi connectivity index (χ0v) is 15.8. The molecule has 4 nitrogen and oxygen atoms in total. The molecule has 0 aromatic heterocycles. The van der Waals surface area contributed by atoms with Crippen molar-refractivity contribution in [2.24, 2.45) is 5.73 Å². The van der Waals surface area contributed by atoms with E-state index in [0.717, 1.165) is 11.1 Å². The molecule has 0 aliphatic carbocycles. The number of benzene rings is 2. The Morgan fingerprint density at radius 2 is 1.50 bits per heavy atom. The van der Waals surface area contributed by atoms with Crippen molar-refractivity contribution in [3.05, 3.63) is 70.8 Å². The third-order valence-electron chi connectivity index (χ3n) is 4.50. The summed E-state index contributed by atoms with van der Waals surface area (Å²) in [5.74, 6) is 0.305. The van der Waals surface area contributed by atoms with Crippen LogP contribution in [0.25, 0.3) is 0 Å². The fourth-order valence-electron chi connectivity index (χ4n) is 2.67. The first-order chi connectivity index (χ1) is 12.4. The topological polar surface area (TPSA) is 72.2 Å². The van der Waals surface area contributed by atoms with Crippen molar-refractivity contribution < 1.29 is 9.59 Å². The lowest BCUT2D eigenvalue weighted by Crippen LogP contribution is -2.32. The van der Waals surface area contributed by atoms with Gasteiger partial charge < -0.3 is 11.1 Å². The second-order valence-electron chi connectivity index (χ2n) is 7.02. The van der Waals surface area contributed by atoms with Crippen LogP contribution in [-0.2, 0) is 4.79 Å². The van der Waals surface area contributed by atoms with Crippen molar-refractivity contribution in [1.82, 2.24) is 5.32 Å². The minimum Gasteiger partial charge on any atom is -0.354 e. The minimum absolute atomic E-state index is 0.0197. The van der Waals surface area contributed by atoms with Gasteiger partial charge in [0, 0.05) is 31.0 Å². The SMILES string of the molecule is Cc1ccc(C(=O)CCC(=O)NCC(N)c2ccc(C(C)C)cc2)cc1. The molecule has 0 aliphatic rings. The molecule has 0 saturated heterocycles. The largest absolute Gasteiger partial charge is 0.354 e. The minimum atomic E-state index is -0.257. The Labute approximate surface area is 155 Å². The van der Waals surface area contributed by atoms with Gasteiger partial charge in [-0.2, -0.15) is 0 Å². The van der Waals surface area contributed by atoms with E-state index in [1.54, 1.807) is 12.1 Å². The number of carbonyl (C=O) groups is 2. The molecule has 0 spiro atoms. The van der Waals surface area contributed by atoms with E-state index >= 15 is 0 Å². The number of Topliss-reactive ketones (excluding diaryl/α,β-unsaturated/α-hetero) is 1. The van der Waals surface area contributed by atoms with E-state index in [9.17, 15) is 9.59 Å². The van der Waals surface area contributed by atoms with E-state index < -0.39 is 0 Å². The first-order valence-electron chi connectivity index (χ1n) is 9.09. The van der Waals surface area contributed by atoms with E-state index in [1.165, 1.54) is 5.56 Å². The van der Waals surface area contributed by atoms with Crippen LogP contribution in [0.2, 0.25) is 0 Å². The van der Waals surface area contributed by atoms with E-state index in [0.29, 0.717) is 18.0 Å². The van der Waals surface area contributed by atoms with Crippen molar-refractivity contribution in [1.29, 1.82) is 0 Å². The van der Waals surface area contributed by atoms with Crippen LogP contribution < -0.4 is 11.1 Å². The van der Waals surface area contributed by atoms with Gasteiger partial charge in [-0.3, -0.25) is 9.59 Å². The molecule has 0 bridgehead atoms. The molecule has 4 heteroatoms. The number of amides is 1. The normalized spacial score (nSPS) is 12.0. The summed E-state index contributed by atoms with van der Waals surface area (Å²) in [4.78, 5) is 24.1. The highest BCUT2D eigenvalue weighted by Gasteiger charge is 2.12. The van der Waals surface area contributed by atoms with E-state index in [1.807, 2.05) is 31.2 Å². The molecule has 2 aromatic rings.